The highest BCUT2D eigenvalue weighted by atomic mass is 16.1. The smallest absolute Gasteiger partial charge is 0.135 e. The SMILES string of the molecule is CC(C)CCCCCCCC(=O)C(C)C. The van der Waals surface area contributed by atoms with Crippen LogP contribution in [-0.4, -0.2) is 5.78 Å². The van der Waals surface area contributed by atoms with Gasteiger partial charge < -0.3 is 0 Å². The predicted octanol–water partition coefficient (Wildman–Crippen LogP) is 4.60. The maximum atomic E-state index is 11.3. The zero-order valence-electron chi connectivity index (χ0n) is 11.0. The Morgan fingerprint density at radius 2 is 1.40 bits per heavy atom. The molecule has 15 heavy (non-hydrogen) atoms. The summed E-state index contributed by atoms with van der Waals surface area (Å²) in [6.45, 7) is 8.54. The summed E-state index contributed by atoms with van der Waals surface area (Å²) in [6.07, 6.45) is 8.48. The Morgan fingerprint density at radius 3 is 1.93 bits per heavy atom. The standard InChI is InChI=1S/C14H28O/c1-12(2)10-8-6-5-7-9-11-14(15)13(3)4/h12-13H,5-11H2,1-4H3. The van der Waals surface area contributed by atoms with E-state index in [1.807, 2.05) is 13.8 Å². The van der Waals surface area contributed by atoms with Gasteiger partial charge in [-0.3, -0.25) is 4.79 Å². The molecule has 1 heteroatoms. The summed E-state index contributed by atoms with van der Waals surface area (Å²) >= 11 is 0. The molecule has 0 saturated heterocycles. The number of carbonyl (C=O) groups is 1. The molecule has 0 aromatic rings. The van der Waals surface area contributed by atoms with Crippen molar-refractivity contribution in [1.29, 1.82) is 0 Å². The zero-order chi connectivity index (χ0) is 11.7. The summed E-state index contributed by atoms with van der Waals surface area (Å²) in [5, 5.41) is 0. The van der Waals surface area contributed by atoms with Crippen LogP contribution in [0.2, 0.25) is 0 Å². The van der Waals surface area contributed by atoms with Gasteiger partial charge in [0.05, 0.1) is 0 Å². The highest BCUT2D eigenvalue weighted by molar-refractivity contribution is 5.80. The largest absolute Gasteiger partial charge is 0.299 e. The molecule has 0 unspecified atom stereocenters. The third kappa shape index (κ3) is 9.96. The first-order chi connectivity index (χ1) is 7.04. The second-order valence-electron chi connectivity index (χ2n) is 5.32. The van der Waals surface area contributed by atoms with Gasteiger partial charge in [-0.15, -0.1) is 0 Å². The molecule has 1 nitrogen and oxygen atoms in total. The van der Waals surface area contributed by atoms with Crippen molar-refractivity contribution in [2.45, 2.75) is 72.6 Å². The second kappa shape index (κ2) is 8.94. The van der Waals surface area contributed by atoms with Crippen molar-refractivity contribution < 1.29 is 4.79 Å². The summed E-state index contributed by atoms with van der Waals surface area (Å²) in [5.74, 6) is 1.50. The number of unbranched alkanes of at least 4 members (excludes halogenated alkanes) is 4. The average Bonchev–Trinajstić information content (AvgIpc) is 2.15. The molecular weight excluding hydrogens is 184 g/mol. The molecular formula is C14H28O. The van der Waals surface area contributed by atoms with Crippen LogP contribution < -0.4 is 0 Å². The highest BCUT2D eigenvalue weighted by Crippen LogP contribution is 2.12. The topological polar surface area (TPSA) is 17.1 Å². The van der Waals surface area contributed by atoms with E-state index in [1.54, 1.807) is 0 Å². The lowest BCUT2D eigenvalue weighted by atomic mass is 10.0. The van der Waals surface area contributed by atoms with Gasteiger partial charge in [0.25, 0.3) is 0 Å². The number of hydrogen-bond acceptors (Lipinski definition) is 1. The van der Waals surface area contributed by atoms with E-state index in [9.17, 15) is 4.79 Å². The van der Waals surface area contributed by atoms with Crippen LogP contribution >= 0.6 is 0 Å². The number of rotatable bonds is 9. The molecule has 0 fully saturated rings. The van der Waals surface area contributed by atoms with Crippen molar-refractivity contribution in [3.8, 4) is 0 Å². The van der Waals surface area contributed by atoms with Gasteiger partial charge in [-0.25, -0.2) is 0 Å². The Balaban J connectivity index is 3.15. The molecule has 0 N–H and O–H groups in total. The first-order valence-electron chi connectivity index (χ1n) is 6.56. The fourth-order valence-corrected chi connectivity index (χ4v) is 1.67. The van der Waals surface area contributed by atoms with Gasteiger partial charge in [0.1, 0.15) is 5.78 Å². The molecule has 0 heterocycles. The van der Waals surface area contributed by atoms with Crippen molar-refractivity contribution in [1.82, 2.24) is 0 Å². The minimum atomic E-state index is 0.228. The van der Waals surface area contributed by atoms with Gasteiger partial charge >= 0.3 is 0 Å². The van der Waals surface area contributed by atoms with Gasteiger partial charge in [0, 0.05) is 12.3 Å². The first-order valence-corrected chi connectivity index (χ1v) is 6.56. The van der Waals surface area contributed by atoms with Crippen LogP contribution in [-0.2, 0) is 4.79 Å². The molecule has 0 amide bonds. The maximum Gasteiger partial charge on any atom is 0.135 e. The minimum Gasteiger partial charge on any atom is -0.299 e. The van der Waals surface area contributed by atoms with E-state index in [0.717, 1.165) is 18.8 Å². The third-order valence-corrected chi connectivity index (χ3v) is 2.85. The molecule has 0 atom stereocenters. The first kappa shape index (κ1) is 14.7. The Kier molecular flexibility index (Phi) is 8.74. The van der Waals surface area contributed by atoms with Gasteiger partial charge in [-0.2, -0.15) is 0 Å². The fourth-order valence-electron chi connectivity index (χ4n) is 1.67. The van der Waals surface area contributed by atoms with E-state index in [0.29, 0.717) is 5.78 Å². The van der Waals surface area contributed by atoms with E-state index in [1.165, 1.54) is 32.1 Å². The summed E-state index contributed by atoms with van der Waals surface area (Å²) < 4.78 is 0. The highest BCUT2D eigenvalue weighted by Gasteiger charge is 2.05. The number of hydrogen-bond donors (Lipinski definition) is 0. The van der Waals surface area contributed by atoms with Crippen molar-refractivity contribution in [3.63, 3.8) is 0 Å². The lowest BCUT2D eigenvalue weighted by molar-refractivity contribution is -0.122. The normalized spacial score (nSPS) is 11.3. The lowest BCUT2D eigenvalue weighted by Crippen LogP contribution is -2.05. The molecule has 0 radical (unpaired) electrons. The van der Waals surface area contributed by atoms with Crippen LogP contribution in [0.5, 0.6) is 0 Å². The Labute approximate surface area is 95.6 Å². The van der Waals surface area contributed by atoms with Crippen molar-refractivity contribution >= 4 is 5.78 Å². The van der Waals surface area contributed by atoms with Crippen LogP contribution in [0.3, 0.4) is 0 Å². The van der Waals surface area contributed by atoms with Gasteiger partial charge in [0.2, 0.25) is 0 Å². The van der Waals surface area contributed by atoms with E-state index in [-0.39, 0.29) is 5.92 Å². The van der Waals surface area contributed by atoms with Crippen LogP contribution in [0.4, 0.5) is 0 Å². The minimum absolute atomic E-state index is 0.228. The maximum absolute atomic E-state index is 11.3. The molecule has 0 spiro atoms. The molecule has 0 aromatic carbocycles. The molecule has 0 saturated carbocycles. The van der Waals surface area contributed by atoms with Crippen LogP contribution in [0, 0.1) is 11.8 Å². The molecule has 0 aliphatic rings. The van der Waals surface area contributed by atoms with Gasteiger partial charge in [-0.05, 0) is 12.3 Å². The van der Waals surface area contributed by atoms with Gasteiger partial charge in [0.15, 0.2) is 0 Å². The number of carbonyl (C=O) groups excluding carboxylic acids is 1. The third-order valence-electron chi connectivity index (χ3n) is 2.85. The monoisotopic (exact) mass is 212 g/mol. The molecule has 90 valence electrons. The Morgan fingerprint density at radius 1 is 0.867 bits per heavy atom. The summed E-state index contributed by atoms with van der Waals surface area (Å²) in [5.41, 5.74) is 0. The summed E-state index contributed by atoms with van der Waals surface area (Å²) in [7, 11) is 0. The second-order valence-corrected chi connectivity index (χ2v) is 5.32. The molecule has 0 aliphatic heterocycles. The van der Waals surface area contributed by atoms with Crippen molar-refractivity contribution in [2.24, 2.45) is 11.8 Å². The average molecular weight is 212 g/mol. The molecule has 0 aromatic heterocycles. The van der Waals surface area contributed by atoms with E-state index >= 15 is 0 Å². The van der Waals surface area contributed by atoms with E-state index in [4.69, 9.17) is 0 Å². The predicted molar refractivity (Wildman–Crippen MR) is 67.0 cm³/mol. The van der Waals surface area contributed by atoms with E-state index in [2.05, 4.69) is 13.8 Å². The quantitative estimate of drug-likeness (QED) is 0.511. The van der Waals surface area contributed by atoms with Crippen LogP contribution in [0.15, 0.2) is 0 Å². The Bertz CT molecular complexity index is 159. The summed E-state index contributed by atoms with van der Waals surface area (Å²) in [6, 6.07) is 0. The zero-order valence-corrected chi connectivity index (χ0v) is 11.0. The summed E-state index contributed by atoms with van der Waals surface area (Å²) in [4.78, 5) is 11.3. The van der Waals surface area contributed by atoms with E-state index < -0.39 is 0 Å². The fraction of sp³-hybridized carbons (Fsp3) is 0.929. The van der Waals surface area contributed by atoms with Crippen LogP contribution in [0.1, 0.15) is 72.6 Å². The van der Waals surface area contributed by atoms with Crippen LogP contribution in [0.25, 0.3) is 0 Å². The lowest BCUT2D eigenvalue weighted by Gasteiger charge is -2.05. The van der Waals surface area contributed by atoms with Crippen molar-refractivity contribution in [2.75, 3.05) is 0 Å². The Hall–Kier alpha value is -0.330. The molecule has 0 rings (SSSR count). The molecule has 0 bridgehead atoms. The number of ketones is 1. The number of Topliss-reactive ketones (excluding diaryl/α,β-unsaturated/α-hetero) is 1. The van der Waals surface area contributed by atoms with Crippen molar-refractivity contribution in [3.05, 3.63) is 0 Å². The van der Waals surface area contributed by atoms with Gasteiger partial charge in [-0.1, -0.05) is 59.8 Å². The molecule has 0 aliphatic carbocycles.